The second-order valence-corrected chi connectivity index (χ2v) is 5.61. The van der Waals surface area contributed by atoms with E-state index in [1.165, 1.54) is 0 Å². The third-order valence-electron chi connectivity index (χ3n) is 3.62. The van der Waals surface area contributed by atoms with Gasteiger partial charge in [0.15, 0.2) is 0 Å². The van der Waals surface area contributed by atoms with E-state index in [-0.39, 0.29) is 0 Å². The maximum absolute atomic E-state index is 11.6. The van der Waals surface area contributed by atoms with E-state index in [2.05, 4.69) is 5.32 Å². The summed E-state index contributed by atoms with van der Waals surface area (Å²) in [6, 6.07) is 7.96. The van der Waals surface area contributed by atoms with Crippen molar-refractivity contribution >= 4 is 11.7 Å². The molecule has 1 atom stereocenters. The lowest BCUT2D eigenvalue weighted by molar-refractivity contribution is -0.143. The van der Waals surface area contributed by atoms with Gasteiger partial charge in [-0.3, -0.25) is 10.1 Å². The van der Waals surface area contributed by atoms with Gasteiger partial charge in [-0.05, 0) is 31.9 Å². The Bertz CT molecular complexity index is 488. The Labute approximate surface area is 119 Å². The number of nitrogens with one attached hydrogen (secondary N) is 1. The number of hydrogen-bond acceptors (Lipinski definition) is 4. The van der Waals surface area contributed by atoms with E-state index in [9.17, 15) is 9.90 Å². The molecular weight excluding hydrogens is 256 g/mol. The van der Waals surface area contributed by atoms with Crippen LogP contribution in [0.25, 0.3) is 0 Å². The maximum atomic E-state index is 11.6. The highest BCUT2D eigenvalue weighted by atomic mass is 16.5. The number of benzene rings is 1. The number of rotatable bonds is 7. The molecule has 20 heavy (non-hydrogen) atoms. The molecule has 0 heterocycles. The summed E-state index contributed by atoms with van der Waals surface area (Å²) >= 11 is 0. The van der Waals surface area contributed by atoms with Gasteiger partial charge in [0.2, 0.25) is 0 Å². The predicted octanol–water partition coefficient (Wildman–Crippen LogP) is 1.73. The average Bonchev–Trinajstić information content (AvgIpc) is 3.22. The molecule has 2 N–H and O–H groups in total. The van der Waals surface area contributed by atoms with Crippen LogP contribution in [0.1, 0.15) is 19.8 Å². The molecule has 5 nitrogen and oxygen atoms in total. The molecule has 0 aliphatic heterocycles. The van der Waals surface area contributed by atoms with E-state index in [1.807, 2.05) is 36.2 Å². The largest absolute Gasteiger partial charge is 0.497 e. The highest BCUT2D eigenvalue weighted by Gasteiger charge is 2.39. The van der Waals surface area contributed by atoms with Gasteiger partial charge in [0, 0.05) is 31.4 Å². The molecule has 1 aromatic rings. The summed E-state index contributed by atoms with van der Waals surface area (Å²) in [5.41, 5.74) is -0.00616. The highest BCUT2D eigenvalue weighted by Crippen LogP contribution is 2.25. The minimum absolute atomic E-state index is 0.342. The van der Waals surface area contributed by atoms with E-state index in [4.69, 9.17) is 4.74 Å². The maximum Gasteiger partial charge on any atom is 0.325 e. The standard InChI is InChI=1S/C15H22N2O3/c1-15(14(18)19,16-11-7-8-11)10-17(2)12-5-4-6-13(9-12)20-3/h4-6,9,11,16H,7-8,10H2,1-3H3,(H,18,19). The van der Waals surface area contributed by atoms with E-state index in [1.54, 1.807) is 14.0 Å². The number of nitrogens with zero attached hydrogens (tertiary/aromatic N) is 1. The zero-order valence-corrected chi connectivity index (χ0v) is 12.2. The second kappa shape index (κ2) is 5.71. The van der Waals surface area contributed by atoms with Crippen molar-refractivity contribution in [3.63, 3.8) is 0 Å². The highest BCUT2D eigenvalue weighted by molar-refractivity contribution is 5.79. The molecule has 1 aliphatic carbocycles. The summed E-state index contributed by atoms with van der Waals surface area (Å²) in [6.45, 7) is 2.14. The summed E-state index contributed by atoms with van der Waals surface area (Å²) in [5.74, 6) is -0.0549. The molecule has 0 spiro atoms. The van der Waals surface area contributed by atoms with Gasteiger partial charge in [0.1, 0.15) is 11.3 Å². The number of carbonyl (C=O) groups is 1. The fourth-order valence-corrected chi connectivity index (χ4v) is 2.27. The zero-order valence-electron chi connectivity index (χ0n) is 12.2. The summed E-state index contributed by atoms with van der Waals surface area (Å²) < 4.78 is 5.20. The lowest BCUT2D eigenvalue weighted by Gasteiger charge is -2.32. The Balaban J connectivity index is 2.10. The van der Waals surface area contributed by atoms with Crippen molar-refractivity contribution in [2.75, 3.05) is 25.6 Å². The predicted molar refractivity (Wildman–Crippen MR) is 78.5 cm³/mol. The normalized spacial score (nSPS) is 17.4. The van der Waals surface area contributed by atoms with Crippen molar-refractivity contribution in [3.8, 4) is 5.75 Å². The molecule has 0 radical (unpaired) electrons. The van der Waals surface area contributed by atoms with Gasteiger partial charge < -0.3 is 14.7 Å². The second-order valence-electron chi connectivity index (χ2n) is 5.61. The minimum Gasteiger partial charge on any atom is -0.497 e. The van der Waals surface area contributed by atoms with Gasteiger partial charge in [-0.15, -0.1) is 0 Å². The Morgan fingerprint density at radius 1 is 1.55 bits per heavy atom. The Hall–Kier alpha value is -1.75. The fourth-order valence-electron chi connectivity index (χ4n) is 2.27. The van der Waals surface area contributed by atoms with Crippen molar-refractivity contribution in [3.05, 3.63) is 24.3 Å². The van der Waals surface area contributed by atoms with Gasteiger partial charge in [-0.1, -0.05) is 6.07 Å². The lowest BCUT2D eigenvalue weighted by atomic mass is 10.0. The molecule has 1 fully saturated rings. The third kappa shape index (κ3) is 3.42. The average molecular weight is 278 g/mol. The van der Waals surface area contributed by atoms with E-state index in [0.29, 0.717) is 12.6 Å². The third-order valence-corrected chi connectivity index (χ3v) is 3.62. The van der Waals surface area contributed by atoms with Gasteiger partial charge >= 0.3 is 5.97 Å². The number of ether oxygens (including phenoxy) is 1. The van der Waals surface area contributed by atoms with E-state index in [0.717, 1.165) is 24.3 Å². The number of aliphatic carboxylic acids is 1. The molecule has 5 heteroatoms. The molecule has 0 aromatic heterocycles. The van der Waals surface area contributed by atoms with Crippen LogP contribution in [0.3, 0.4) is 0 Å². The number of carboxylic acid groups (broad SMARTS) is 1. The van der Waals surface area contributed by atoms with Crippen LogP contribution in [-0.4, -0.2) is 43.4 Å². The SMILES string of the molecule is COc1cccc(N(C)CC(C)(NC2CC2)C(=O)O)c1. The van der Waals surface area contributed by atoms with E-state index >= 15 is 0 Å². The fraction of sp³-hybridized carbons (Fsp3) is 0.533. The van der Waals surface area contributed by atoms with Gasteiger partial charge in [-0.25, -0.2) is 0 Å². The van der Waals surface area contributed by atoms with Crippen LogP contribution < -0.4 is 15.0 Å². The van der Waals surface area contributed by atoms with E-state index < -0.39 is 11.5 Å². The number of hydrogen-bond donors (Lipinski definition) is 2. The quantitative estimate of drug-likeness (QED) is 0.795. The zero-order chi connectivity index (χ0) is 14.8. The summed E-state index contributed by atoms with van der Waals surface area (Å²) in [6.07, 6.45) is 2.12. The van der Waals surface area contributed by atoms with Crippen LogP contribution in [-0.2, 0) is 4.79 Å². The van der Waals surface area contributed by atoms with Crippen LogP contribution in [0.2, 0.25) is 0 Å². The lowest BCUT2D eigenvalue weighted by Crippen LogP contribution is -2.57. The topological polar surface area (TPSA) is 61.8 Å². The summed E-state index contributed by atoms with van der Waals surface area (Å²) in [5, 5.41) is 12.7. The first-order valence-electron chi connectivity index (χ1n) is 6.81. The number of likely N-dealkylation sites (N-methyl/N-ethyl adjacent to an activating group) is 1. The van der Waals surface area contributed by atoms with Crippen LogP contribution in [0.5, 0.6) is 5.75 Å². The molecule has 1 aromatic carbocycles. The molecular formula is C15H22N2O3. The molecule has 1 saturated carbocycles. The molecule has 110 valence electrons. The van der Waals surface area contributed by atoms with Crippen LogP contribution in [0.4, 0.5) is 5.69 Å². The molecule has 2 rings (SSSR count). The van der Waals surface area contributed by atoms with Crippen molar-refractivity contribution in [2.24, 2.45) is 0 Å². The van der Waals surface area contributed by atoms with Crippen LogP contribution in [0, 0.1) is 0 Å². The van der Waals surface area contributed by atoms with Crippen molar-refractivity contribution in [1.29, 1.82) is 0 Å². The van der Waals surface area contributed by atoms with Crippen LogP contribution in [0.15, 0.2) is 24.3 Å². The number of methoxy groups -OCH3 is 1. The smallest absolute Gasteiger partial charge is 0.325 e. The molecule has 1 unspecified atom stereocenters. The first-order chi connectivity index (χ1) is 9.44. The summed E-state index contributed by atoms with van der Waals surface area (Å²) in [4.78, 5) is 13.5. The summed E-state index contributed by atoms with van der Waals surface area (Å²) in [7, 11) is 3.51. The van der Waals surface area contributed by atoms with Gasteiger partial charge in [-0.2, -0.15) is 0 Å². The molecule has 0 bridgehead atoms. The van der Waals surface area contributed by atoms with Crippen molar-refractivity contribution in [1.82, 2.24) is 5.32 Å². The van der Waals surface area contributed by atoms with Gasteiger partial charge in [0.25, 0.3) is 0 Å². The molecule has 1 aliphatic rings. The minimum atomic E-state index is -0.945. The van der Waals surface area contributed by atoms with Crippen molar-refractivity contribution < 1.29 is 14.6 Å². The van der Waals surface area contributed by atoms with Crippen LogP contribution >= 0.6 is 0 Å². The Morgan fingerprint density at radius 2 is 2.25 bits per heavy atom. The molecule has 0 saturated heterocycles. The Kier molecular flexibility index (Phi) is 4.18. The first kappa shape index (κ1) is 14.7. The Morgan fingerprint density at radius 3 is 2.80 bits per heavy atom. The first-order valence-corrected chi connectivity index (χ1v) is 6.81. The molecule has 0 amide bonds. The van der Waals surface area contributed by atoms with Gasteiger partial charge in [0.05, 0.1) is 7.11 Å². The number of carboxylic acids is 1. The number of anilines is 1. The monoisotopic (exact) mass is 278 g/mol. The van der Waals surface area contributed by atoms with Crippen molar-refractivity contribution in [2.45, 2.75) is 31.3 Å².